The minimum absolute atomic E-state index is 0. The van der Waals surface area contributed by atoms with Crippen molar-refractivity contribution in [2.24, 2.45) is 0 Å². The molecule has 0 aliphatic carbocycles. The normalized spacial score (nSPS) is 17.4. The summed E-state index contributed by atoms with van der Waals surface area (Å²) in [5.41, 5.74) is 4.77. The predicted octanol–water partition coefficient (Wildman–Crippen LogP) is 3.29. The molecule has 1 fully saturated rings. The standard InChI is InChI=1S/C37H30N2O7.ClH/c1-21-29-19-39(17-16-27(29)22(2)33-32(21)28-18-26(44-23(3)40)14-15-30(28)38-33)35-34(46-37(42)25-12-8-5-9-13-25)31(20-43-35)45-36(41)24-10-6-4-7-11-24;/h4-19,31,34-35H,20H2,1-3H3;1H/t31-,34-,35-;/m1./s1. The van der Waals surface area contributed by atoms with E-state index in [0.717, 1.165) is 43.7 Å². The second-order valence-electron chi connectivity index (χ2n) is 11.4. The number of carbonyl (C=O) groups is 3. The Hall–Kier alpha value is -5.25. The van der Waals surface area contributed by atoms with E-state index in [0.29, 0.717) is 16.9 Å². The van der Waals surface area contributed by atoms with Gasteiger partial charge in [-0.05, 0) is 72.8 Å². The quantitative estimate of drug-likeness (QED) is 0.168. The van der Waals surface area contributed by atoms with Gasteiger partial charge >= 0.3 is 24.1 Å². The van der Waals surface area contributed by atoms with Crippen molar-refractivity contribution in [2.75, 3.05) is 6.61 Å². The number of nitrogens with one attached hydrogen (secondary N) is 1. The molecule has 10 heteroatoms. The predicted molar refractivity (Wildman–Crippen MR) is 171 cm³/mol. The number of benzene rings is 4. The van der Waals surface area contributed by atoms with E-state index >= 15 is 0 Å². The van der Waals surface area contributed by atoms with Crippen molar-refractivity contribution in [3.63, 3.8) is 0 Å². The van der Waals surface area contributed by atoms with Crippen molar-refractivity contribution in [1.82, 2.24) is 4.98 Å². The van der Waals surface area contributed by atoms with Crippen LogP contribution in [0.1, 0.15) is 45.0 Å². The first-order valence-corrected chi connectivity index (χ1v) is 15.0. The summed E-state index contributed by atoms with van der Waals surface area (Å²) in [6.45, 7) is 5.53. The van der Waals surface area contributed by atoms with Gasteiger partial charge < -0.3 is 36.3 Å². The van der Waals surface area contributed by atoms with Crippen LogP contribution < -0.4 is 21.7 Å². The number of aromatic nitrogens is 2. The zero-order chi connectivity index (χ0) is 31.9. The van der Waals surface area contributed by atoms with E-state index in [1.807, 2.05) is 54.2 Å². The number of H-pyrrole nitrogens is 1. The van der Waals surface area contributed by atoms with Gasteiger partial charge in [0.15, 0.2) is 18.5 Å². The summed E-state index contributed by atoms with van der Waals surface area (Å²) in [4.78, 5) is 41.5. The van der Waals surface area contributed by atoms with Crippen LogP contribution >= 0.6 is 0 Å². The third kappa shape index (κ3) is 5.91. The van der Waals surface area contributed by atoms with E-state index < -0.39 is 30.4 Å². The molecule has 0 amide bonds. The molecule has 0 spiro atoms. The zero-order valence-corrected chi connectivity index (χ0v) is 26.6. The van der Waals surface area contributed by atoms with Crippen molar-refractivity contribution >= 4 is 50.5 Å². The van der Waals surface area contributed by atoms with E-state index in [4.69, 9.17) is 18.9 Å². The number of halogens is 1. The summed E-state index contributed by atoms with van der Waals surface area (Å²) in [5.74, 6) is -0.982. The number of carbonyl (C=O) groups excluding carboxylic acids is 3. The van der Waals surface area contributed by atoms with Gasteiger partial charge in [0.1, 0.15) is 5.75 Å². The fraction of sp³-hybridized carbons (Fsp3) is 0.189. The lowest BCUT2D eigenvalue weighted by molar-refractivity contribution is -0.762. The first-order chi connectivity index (χ1) is 22.3. The van der Waals surface area contributed by atoms with Crippen molar-refractivity contribution in [1.29, 1.82) is 0 Å². The average Bonchev–Trinajstić information content (AvgIpc) is 3.65. The van der Waals surface area contributed by atoms with Gasteiger partial charge in [0, 0.05) is 34.7 Å². The van der Waals surface area contributed by atoms with Gasteiger partial charge in [0.25, 0.3) is 0 Å². The second kappa shape index (κ2) is 12.9. The number of aromatic amines is 1. The zero-order valence-electron chi connectivity index (χ0n) is 25.9. The maximum absolute atomic E-state index is 13.3. The minimum atomic E-state index is -0.924. The van der Waals surface area contributed by atoms with Gasteiger partial charge in [0.05, 0.1) is 23.3 Å². The maximum atomic E-state index is 13.3. The van der Waals surface area contributed by atoms with Crippen LogP contribution in [0.3, 0.4) is 0 Å². The molecule has 1 aliphatic heterocycles. The van der Waals surface area contributed by atoms with Gasteiger partial charge in [-0.3, -0.25) is 4.79 Å². The number of ether oxygens (including phenoxy) is 4. The summed E-state index contributed by atoms with van der Waals surface area (Å²) < 4.78 is 25.3. The number of rotatable bonds is 6. The Morgan fingerprint density at radius 3 is 2.13 bits per heavy atom. The molecular formula is C37H31ClN2O7. The summed E-state index contributed by atoms with van der Waals surface area (Å²) >= 11 is 0. The van der Waals surface area contributed by atoms with Crippen LogP contribution in [-0.4, -0.2) is 41.7 Å². The van der Waals surface area contributed by atoms with Crippen LogP contribution in [-0.2, 0) is 19.0 Å². The first kappa shape index (κ1) is 31.7. The number of pyridine rings is 1. The van der Waals surface area contributed by atoms with Gasteiger partial charge in [0.2, 0.25) is 6.10 Å². The first-order valence-electron chi connectivity index (χ1n) is 15.0. The lowest BCUT2D eigenvalue weighted by atomic mass is 9.97. The number of esters is 3. The Morgan fingerprint density at radius 1 is 0.809 bits per heavy atom. The monoisotopic (exact) mass is 650 g/mol. The van der Waals surface area contributed by atoms with Crippen LogP contribution in [0.5, 0.6) is 5.75 Å². The third-order valence-corrected chi connectivity index (χ3v) is 8.46. The average molecular weight is 651 g/mol. The Labute approximate surface area is 276 Å². The number of fused-ring (bicyclic) bond motifs is 4. The molecule has 1 aliphatic rings. The summed E-state index contributed by atoms with van der Waals surface area (Å²) in [5, 5.41) is 3.95. The van der Waals surface area contributed by atoms with E-state index in [9.17, 15) is 14.4 Å². The molecule has 3 atom stereocenters. The molecule has 6 aromatic rings. The molecular weight excluding hydrogens is 620 g/mol. The van der Waals surface area contributed by atoms with Crippen LogP contribution in [0.25, 0.3) is 32.6 Å². The number of nitrogens with zero attached hydrogens (tertiary/aromatic N) is 1. The molecule has 0 saturated carbocycles. The Balaban J connectivity index is 0.00000386. The highest BCUT2D eigenvalue weighted by Crippen LogP contribution is 2.38. The van der Waals surface area contributed by atoms with E-state index in [1.54, 1.807) is 54.6 Å². The lowest BCUT2D eigenvalue weighted by Crippen LogP contribution is -3.00. The Morgan fingerprint density at radius 2 is 1.47 bits per heavy atom. The highest BCUT2D eigenvalue weighted by molar-refractivity contribution is 6.16. The molecule has 238 valence electrons. The van der Waals surface area contributed by atoms with Crippen LogP contribution in [0.2, 0.25) is 0 Å². The van der Waals surface area contributed by atoms with Crippen molar-refractivity contribution in [2.45, 2.75) is 39.2 Å². The number of hydrogen-bond acceptors (Lipinski definition) is 7. The van der Waals surface area contributed by atoms with Gasteiger partial charge in [-0.2, -0.15) is 4.57 Å². The second-order valence-corrected chi connectivity index (χ2v) is 11.4. The lowest BCUT2D eigenvalue weighted by Gasteiger charge is -2.21. The Bertz CT molecular complexity index is 2150. The van der Waals surface area contributed by atoms with Gasteiger partial charge in [-0.15, -0.1) is 0 Å². The van der Waals surface area contributed by atoms with Gasteiger partial charge in [-0.25, -0.2) is 9.59 Å². The summed E-state index contributed by atoms with van der Waals surface area (Å²) in [6, 6.07) is 24.9. The van der Waals surface area contributed by atoms with Crippen LogP contribution in [0, 0.1) is 13.8 Å². The van der Waals surface area contributed by atoms with E-state index in [1.165, 1.54) is 6.92 Å². The highest BCUT2D eigenvalue weighted by atomic mass is 35.5. The Kier molecular flexibility index (Phi) is 8.68. The molecule has 9 nitrogen and oxygen atoms in total. The van der Waals surface area contributed by atoms with Crippen LogP contribution in [0.15, 0.2) is 97.3 Å². The number of aryl methyl sites for hydroxylation is 2. The summed E-state index contributed by atoms with van der Waals surface area (Å²) in [6.07, 6.45) is 1.33. The molecule has 47 heavy (non-hydrogen) atoms. The largest absolute Gasteiger partial charge is 1.00 e. The molecule has 4 aromatic carbocycles. The molecule has 1 N–H and O–H groups in total. The van der Waals surface area contributed by atoms with Crippen molar-refractivity contribution in [3.05, 3.63) is 120 Å². The fourth-order valence-corrected chi connectivity index (χ4v) is 6.24. The molecule has 2 aromatic heterocycles. The molecule has 0 radical (unpaired) electrons. The van der Waals surface area contributed by atoms with Gasteiger partial charge in [-0.1, -0.05) is 36.4 Å². The topological polar surface area (TPSA) is 108 Å². The summed E-state index contributed by atoms with van der Waals surface area (Å²) in [7, 11) is 0. The van der Waals surface area contributed by atoms with Crippen molar-refractivity contribution < 1.29 is 50.3 Å². The van der Waals surface area contributed by atoms with E-state index in [-0.39, 0.29) is 25.0 Å². The third-order valence-electron chi connectivity index (χ3n) is 8.46. The maximum Gasteiger partial charge on any atom is 0.338 e. The fourth-order valence-electron chi connectivity index (χ4n) is 6.24. The number of hydrogen-bond donors (Lipinski definition) is 1. The molecule has 0 unspecified atom stereocenters. The van der Waals surface area contributed by atoms with Crippen LogP contribution in [0.4, 0.5) is 0 Å². The SMILES string of the molecule is CC(=O)Oc1ccc2[nH]c3c(C)c4cc[n+]([C@@H]5OC[C@@H](OC(=O)c6ccccc6)[C@H]5OC(=O)c5ccccc5)cc4c(C)c3c2c1.[Cl-]. The minimum Gasteiger partial charge on any atom is -1.00 e. The highest BCUT2D eigenvalue weighted by Gasteiger charge is 2.49. The van der Waals surface area contributed by atoms with Crippen molar-refractivity contribution in [3.8, 4) is 5.75 Å². The molecule has 7 rings (SSSR count). The molecule has 0 bridgehead atoms. The molecule has 1 saturated heterocycles. The smallest absolute Gasteiger partial charge is 0.338 e. The molecule has 3 heterocycles. The van der Waals surface area contributed by atoms with E-state index in [2.05, 4.69) is 11.9 Å².